The number of nitrogens with zero attached hydrogens (tertiary/aromatic N) is 1. The smallest absolute Gasteiger partial charge is 0.257 e. The van der Waals surface area contributed by atoms with E-state index in [0.717, 1.165) is 5.69 Å². The van der Waals surface area contributed by atoms with E-state index in [1.807, 2.05) is 25.1 Å². The number of anilines is 2. The second-order valence-electron chi connectivity index (χ2n) is 3.29. The molecule has 5 heteroatoms. The average Bonchev–Trinajstić information content (AvgIpc) is 2.59. The molecule has 2 rings (SSSR count). The molecule has 4 nitrogen and oxygen atoms in total. The van der Waals surface area contributed by atoms with Gasteiger partial charge in [-0.15, -0.1) is 0 Å². The number of aryl methyl sites for hydroxylation is 1. The highest BCUT2D eigenvalue weighted by Crippen LogP contribution is 2.24. The van der Waals surface area contributed by atoms with Gasteiger partial charge in [-0.3, -0.25) is 10.1 Å². The van der Waals surface area contributed by atoms with Gasteiger partial charge in [0.15, 0.2) is 5.13 Å². The molecule has 0 aliphatic heterocycles. The molecular weight excluding hydrogens is 222 g/mol. The number of nitrogen functional groups attached to an aromatic ring is 1. The van der Waals surface area contributed by atoms with Crippen LogP contribution in [-0.4, -0.2) is 10.9 Å². The molecule has 0 spiro atoms. The summed E-state index contributed by atoms with van der Waals surface area (Å²) in [6, 6.07) is 8.99. The Morgan fingerprint density at radius 2 is 2.06 bits per heavy atom. The third-order valence-corrected chi connectivity index (χ3v) is 2.99. The zero-order valence-corrected chi connectivity index (χ0v) is 9.54. The van der Waals surface area contributed by atoms with Crippen LogP contribution in [-0.2, 0) is 0 Å². The summed E-state index contributed by atoms with van der Waals surface area (Å²) in [4.78, 5) is 15.9. The standard InChI is InChI=1S/C11H11N3OS/c1-7-9(12)16-11(13-7)14-10(15)8-5-3-2-4-6-8/h2-6H,12H2,1H3,(H,13,14,15). The molecule has 0 radical (unpaired) electrons. The fourth-order valence-electron chi connectivity index (χ4n) is 1.22. The fourth-order valence-corrected chi connectivity index (χ4v) is 1.95. The van der Waals surface area contributed by atoms with E-state index in [9.17, 15) is 4.79 Å². The molecule has 1 amide bonds. The Kier molecular flexibility index (Phi) is 2.87. The number of hydrogen-bond acceptors (Lipinski definition) is 4. The number of nitrogens with two attached hydrogens (primary N) is 1. The van der Waals surface area contributed by atoms with Gasteiger partial charge in [-0.25, -0.2) is 4.98 Å². The molecule has 0 saturated carbocycles. The highest BCUT2D eigenvalue weighted by molar-refractivity contribution is 7.19. The predicted molar refractivity (Wildman–Crippen MR) is 65.7 cm³/mol. The van der Waals surface area contributed by atoms with Crippen LogP contribution >= 0.6 is 11.3 Å². The van der Waals surface area contributed by atoms with Gasteiger partial charge in [0.25, 0.3) is 5.91 Å². The van der Waals surface area contributed by atoms with Crippen LogP contribution in [0.25, 0.3) is 0 Å². The SMILES string of the molecule is Cc1nc(NC(=O)c2ccccc2)sc1N. The maximum atomic E-state index is 11.7. The number of carbonyl (C=O) groups excluding carboxylic acids is 1. The lowest BCUT2D eigenvalue weighted by Gasteiger charge is -2.00. The average molecular weight is 233 g/mol. The van der Waals surface area contributed by atoms with Gasteiger partial charge >= 0.3 is 0 Å². The lowest BCUT2D eigenvalue weighted by atomic mass is 10.2. The van der Waals surface area contributed by atoms with Gasteiger partial charge in [-0.05, 0) is 19.1 Å². The van der Waals surface area contributed by atoms with E-state index in [1.165, 1.54) is 11.3 Å². The molecule has 0 unspecified atom stereocenters. The summed E-state index contributed by atoms with van der Waals surface area (Å²) in [5.74, 6) is -0.172. The van der Waals surface area contributed by atoms with Gasteiger partial charge < -0.3 is 5.73 Å². The van der Waals surface area contributed by atoms with E-state index in [1.54, 1.807) is 12.1 Å². The summed E-state index contributed by atoms with van der Waals surface area (Å²) >= 11 is 1.27. The van der Waals surface area contributed by atoms with Crippen molar-refractivity contribution >= 4 is 27.4 Å². The Morgan fingerprint density at radius 1 is 1.38 bits per heavy atom. The van der Waals surface area contributed by atoms with Gasteiger partial charge in [0.2, 0.25) is 0 Å². The number of thiazole rings is 1. The third kappa shape index (κ3) is 2.20. The molecular formula is C11H11N3OS. The zero-order valence-electron chi connectivity index (χ0n) is 8.73. The monoisotopic (exact) mass is 233 g/mol. The van der Waals surface area contributed by atoms with Crippen LogP contribution in [0, 0.1) is 6.92 Å². The van der Waals surface area contributed by atoms with Crippen LogP contribution in [0.5, 0.6) is 0 Å². The van der Waals surface area contributed by atoms with Crippen molar-refractivity contribution in [3.8, 4) is 0 Å². The summed E-state index contributed by atoms with van der Waals surface area (Å²) in [6.45, 7) is 1.81. The van der Waals surface area contributed by atoms with E-state index in [4.69, 9.17) is 5.73 Å². The summed E-state index contributed by atoms with van der Waals surface area (Å²) in [5, 5.41) is 3.87. The Hall–Kier alpha value is -1.88. The summed E-state index contributed by atoms with van der Waals surface area (Å²) in [5.41, 5.74) is 7.01. The van der Waals surface area contributed by atoms with E-state index in [0.29, 0.717) is 15.7 Å². The molecule has 0 fully saturated rings. The molecule has 0 bridgehead atoms. The maximum absolute atomic E-state index is 11.7. The second-order valence-corrected chi connectivity index (χ2v) is 4.32. The van der Waals surface area contributed by atoms with Crippen LogP contribution in [0.2, 0.25) is 0 Å². The first kappa shape index (κ1) is 10.6. The van der Waals surface area contributed by atoms with Crippen molar-refractivity contribution in [3.63, 3.8) is 0 Å². The number of rotatable bonds is 2. The van der Waals surface area contributed by atoms with Crippen LogP contribution < -0.4 is 11.1 Å². The summed E-state index contributed by atoms with van der Waals surface area (Å²) < 4.78 is 0. The zero-order chi connectivity index (χ0) is 11.5. The Labute approximate surface area is 97.1 Å². The predicted octanol–water partition coefficient (Wildman–Crippen LogP) is 2.29. The quantitative estimate of drug-likeness (QED) is 0.836. The topological polar surface area (TPSA) is 68.0 Å². The molecule has 3 N–H and O–H groups in total. The van der Waals surface area contributed by atoms with Crippen molar-refractivity contribution < 1.29 is 4.79 Å². The van der Waals surface area contributed by atoms with Gasteiger partial charge in [-0.1, -0.05) is 29.5 Å². The van der Waals surface area contributed by atoms with Crippen molar-refractivity contribution in [1.29, 1.82) is 0 Å². The van der Waals surface area contributed by atoms with Crippen LogP contribution in [0.3, 0.4) is 0 Å². The maximum Gasteiger partial charge on any atom is 0.257 e. The summed E-state index contributed by atoms with van der Waals surface area (Å²) in [7, 11) is 0. The normalized spacial score (nSPS) is 10.1. The van der Waals surface area contributed by atoms with Crippen molar-refractivity contribution in [2.75, 3.05) is 11.1 Å². The number of hydrogen-bond donors (Lipinski definition) is 2. The molecule has 1 heterocycles. The Balaban J connectivity index is 2.14. The Morgan fingerprint density at radius 3 is 2.62 bits per heavy atom. The number of nitrogens with one attached hydrogen (secondary N) is 1. The van der Waals surface area contributed by atoms with Gasteiger partial charge in [0, 0.05) is 5.56 Å². The first-order valence-corrected chi connectivity index (χ1v) is 5.58. The first-order valence-electron chi connectivity index (χ1n) is 4.76. The van der Waals surface area contributed by atoms with Crippen molar-refractivity contribution in [3.05, 3.63) is 41.6 Å². The lowest BCUT2D eigenvalue weighted by Crippen LogP contribution is -2.11. The van der Waals surface area contributed by atoms with E-state index < -0.39 is 0 Å². The second kappa shape index (κ2) is 4.32. The fraction of sp³-hybridized carbons (Fsp3) is 0.0909. The van der Waals surface area contributed by atoms with Gasteiger partial charge in [0.05, 0.1) is 5.69 Å². The number of benzene rings is 1. The minimum atomic E-state index is -0.172. The molecule has 0 saturated heterocycles. The van der Waals surface area contributed by atoms with E-state index in [-0.39, 0.29) is 5.91 Å². The van der Waals surface area contributed by atoms with E-state index in [2.05, 4.69) is 10.3 Å². The molecule has 2 aromatic rings. The van der Waals surface area contributed by atoms with Crippen molar-refractivity contribution in [2.24, 2.45) is 0 Å². The van der Waals surface area contributed by atoms with Crippen LogP contribution in [0.1, 0.15) is 16.1 Å². The Bertz CT molecular complexity index is 488. The molecule has 1 aromatic heterocycles. The summed E-state index contributed by atoms with van der Waals surface area (Å²) in [6.07, 6.45) is 0. The largest absolute Gasteiger partial charge is 0.389 e. The van der Waals surface area contributed by atoms with Crippen LogP contribution in [0.4, 0.5) is 10.1 Å². The number of carbonyl (C=O) groups is 1. The third-order valence-electron chi connectivity index (χ3n) is 2.09. The first-order chi connectivity index (χ1) is 7.66. The molecule has 82 valence electrons. The molecule has 0 aliphatic carbocycles. The van der Waals surface area contributed by atoms with E-state index >= 15 is 0 Å². The van der Waals surface area contributed by atoms with Crippen molar-refractivity contribution in [2.45, 2.75) is 6.92 Å². The van der Waals surface area contributed by atoms with Gasteiger partial charge in [0.1, 0.15) is 5.00 Å². The minimum absolute atomic E-state index is 0.172. The number of amides is 1. The number of aromatic nitrogens is 1. The molecule has 1 aromatic carbocycles. The highest BCUT2D eigenvalue weighted by Gasteiger charge is 2.09. The minimum Gasteiger partial charge on any atom is -0.389 e. The van der Waals surface area contributed by atoms with Crippen LogP contribution in [0.15, 0.2) is 30.3 Å². The van der Waals surface area contributed by atoms with Crippen molar-refractivity contribution in [1.82, 2.24) is 4.98 Å². The molecule has 16 heavy (non-hydrogen) atoms. The highest BCUT2D eigenvalue weighted by atomic mass is 32.1. The molecule has 0 atom stereocenters. The molecule has 0 aliphatic rings. The lowest BCUT2D eigenvalue weighted by molar-refractivity contribution is 0.102. The van der Waals surface area contributed by atoms with Gasteiger partial charge in [-0.2, -0.15) is 0 Å².